The summed E-state index contributed by atoms with van der Waals surface area (Å²) in [5, 5.41) is 23.9. The topological polar surface area (TPSA) is 122 Å². The average Bonchev–Trinajstić information content (AvgIpc) is 2.71. The molecule has 0 saturated heterocycles. The molecular weight excluding hydrogens is 418 g/mol. The average molecular weight is 442 g/mol. The molecule has 31 heavy (non-hydrogen) atoms. The lowest BCUT2D eigenvalue weighted by molar-refractivity contribution is -0.384. The zero-order valence-corrected chi connectivity index (χ0v) is 17.9. The summed E-state index contributed by atoms with van der Waals surface area (Å²) >= 11 is 0. The number of anilines is 2. The van der Waals surface area contributed by atoms with Gasteiger partial charge in [0.25, 0.3) is 15.7 Å². The summed E-state index contributed by atoms with van der Waals surface area (Å²) in [6.07, 6.45) is 0.575. The second-order valence-corrected chi connectivity index (χ2v) is 8.89. The Kier molecular flexibility index (Phi) is 6.45. The van der Waals surface area contributed by atoms with Crippen molar-refractivity contribution >= 4 is 27.1 Å². The molecule has 0 aliphatic carbocycles. The van der Waals surface area contributed by atoms with Crippen molar-refractivity contribution < 1.29 is 18.4 Å². The van der Waals surface area contributed by atoms with Gasteiger partial charge in [-0.25, -0.2) is 8.42 Å². The van der Waals surface area contributed by atoms with Crippen LogP contribution < -0.4 is 10.0 Å². The third-order valence-corrected chi connectivity index (χ3v) is 6.13. The predicted octanol–water partition coefficient (Wildman–Crippen LogP) is 4.37. The molecule has 0 amide bonds. The van der Waals surface area contributed by atoms with Gasteiger partial charge in [0.05, 0.1) is 15.5 Å². The van der Waals surface area contributed by atoms with E-state index in [1.807, 2.05) is 13.0 Å². The monoisotopic (exact) mass is 441 g/mol. The highest BCUT2D eigenvalue weighted by Crippen LogP contribution is 2.29. The van der Waals surface area contributed by atoms with Crippen LogP contribution in [0.2, 0.25) is 0 Å². The van der Waals surface area contributed by atoms with Crippen molar-refractivity contribution in [2.45, 2.75) is 25.2 Å². The van der Waals surface area contributed by atoms with Crippen molar-refractivity contribution in [1.29, 1.82) is 0 Å². The molecule has 0 spiro atoms. The number of phenolic OH excluding ortho intramolecular Hbond substituents is 1. The van der Waals surface area contributed by atoms with E-state index in [9.17, 15) is 23.6 Å². The zero-order chi connectivity index (χ0) is 22.6. The Hall–Kier alpha value is -3.59. The molecular formula is C22H23N3O5S. The number of hydrogen-bond donors (Lipinski definition) is 3. The Bertz CT molecular complexity index is 1210. The quantitative estimate of drug-likeness (QED) is 0.352. The highest BCUT2D eigenvalue weighted by atomic mass is 32.2. The van der Waals surface area contributed by atoms with Crippen LogP contribution in [0.3, 0.4) is 0 Å². The molecule has 8 nitrogen and oxygen atoms in total. The van der Waals surface area contributed by atoms with Crippen molar-refractivity contribution in [3.05, 3.63) is 87.5 Å². The predicted molar refractivity (Wildman–Crippen MR) is 120 cm³/mol. The van der Waals surface area contributed by atoms with Gasteiger partial charge >= 0.3 is 0 Å². The number of nitrogens with one attached hydrogen (secondary N) is 2. The van der Waals surface area contributed by atoms with Gasteiger partial charge < -0.3 is 10.4 Å². The van der Waals surface area contributed by atoms with Crippen LogP contribution in [0.4, 0.5) is 17.1 Å². The summed E-state index contributed by atoms with van der Waals surface area (Å²) in [5.74, 6) is 0.165. The number of rotatable bonds is 8. The minimum Gasteiger partial charge on any atom is -0.508 e. The summed E-state index contributed by atoms with van der Waals surface area (Å²) in [6.45, 7) is 4.09. The Morgan fingerprint density at radius 1 is 0.968 bits per heavy atom. The van der Waals surface area contributed by atoms with Crippen LogP contribution in [0.25, 0.3) is 0 Å². The maximum Gasteiger partial charge on any atom is 0.293 e. The lowest BCUT2D eigenvalue weighted by Gasteiger charge is -2.12. The van der Waals surface area contributed by atoms with Crippen molar-refractivity contribution in [3.8, 4) is 5.75 Å². The molecule has 0 heterocycles. The standard InChI is InChI=1S/C22H23N3O5S/c1-15-3-9-20(16(2)13-15)24-31(29,30)19-8-10-21(22(14-19)25(27)28)23-12-11-17-4-6-18(26)7-5-17/h3-10,13-14,23-24,26H,11-12H2,1-2H3. The molecule has 0 fully saturated rings. The van der Waals surface area contributed by atoms with Gasteiger partial charge in [0, 0.05) is 12.6 Å². The Morgan fingerprint density at radius 3 is 2.29 bits per heavy atom. The molecule has 3 rings (SSSR count). The number of nitrogens with zero attached hydrogens (tertiary/aromatic N) is 1. The van der Waals surface area contributed by atoms with E-state index in [0.717, 1.165) is 22.8 Å². The second kappa shape index (κ2) is 9.05. The van der Waals surface area contributed by atoms with Crippen LogP contribution in [0.1, 0.15) is 16.7 Å². The highest BCUT2D eigenvalue weighted by molar-refractivity contribution is 7.92. The summed E-state index contributed by atoms with van der Waals surface area (Å²) in [5.41, 5.74) is 3.03. The van der Waals surface area contributed by atoms with E-state index in [-0.39, 0.29) is 22.0 Å². The van der Waals surface area contributed by atoms with Crippen molar-refractivity contribution in [2.24, 2.45) is 0 Å². The summed E-state index contributed by atoms with van der Waals surface area (Å²) in [7, 11) is -3.99. The summed E-state index contributed by atoms with van der Waals surface area (Å²) in [4.78, 5) is 10.7. The van der Waals surface area contributed by atoms with Gasteiger partial charge in [-0.1, -0.05) is 29.8 Å². The van der Waals surface area contributed by atoms with Crippen molar-refractivity contribution in [1.82, 2.24) is 0 Å². The summed E-state index contributed by atoms with van der Waals surface area (Å²) in [6, 6.07) is 15.7. The number of aromatic hydroxyl groups is 1. The lowest BCUT2D eigenvalue weighted by Crippen LogP contribution is -2.15. The SMILES string of the molecule is Cc1ccc(NS(=O)(=O)c2ccc(NCCc3ccc(O)cc3)c([N+](=O)[O-])c2)c(C)c1. The van der Waals surface area contributed by atoms with Crippen molar-refractivity contribution in [3.63, 3.8) is 0 Å². The summed E-state index contributed by atoms with van der Waals surface area (Å²) < 4.78 is 28.0. The molecule has 162 valence electrons. The van der Waals surface area contributed by atoms with Crippen LogP contribution >= 0.6 is 0 Å². The minimum absolute atomic E-state index is 0.165. The number of hydrogen-bond acceptors (Lipinski definition) is 6. The molecule has 0 aromatic heterocycles. The third-order valence-electron chi connectivity index (χ3n) is 4.77. The Morgan fingerprint density at radius 2 is 1.65 bits per heavy atom. The van der Waals surface area contributed by atoms with Gasteiger partial charge in [-0.2, -0.15) is 0 Å². The first-order valence-electron chi connectivity index (χ1n) is 9.56. The van der Waals surface area contributed by atoms with Gasteiger partial charge in [0.2, 0.25) is 0 Å². The Labute approximate surface area is 180 Å². The largest absolute Gasteiger partial charge is 0.508 e. The van der Waals surface area contributed by atoms with Crippen LogP contribution in [0.15, 0.2) is 65.6 Å². The molecule has 9 heteroatoms. The lowest BCUT2D eigenvalue weighted by atomic mass is 10.1. The van der Waals surface area contributed by atoms with Gasteiger partial charge in [-0.3, -0.25) is 14.8 Å². The number of nitro benzene ring substituents is 1. The van der Waals surface area contributed by atoms with E-state index >= 15 is 0 Å². The molecule has 3 N–H and O–H groups in total. The van der Waals surface area contributed by atoms with E-state index in [4.69, 9.17) is 0 Å². The molecule has 0 bridgehead atoms. The first kappa shape index (κ1) is 22.1. The molecule has 0 saturated carbocycles. The van der Waals surface area contributed by atoms with E-state index in [2.05, 4.69) is 10.0 Å². The normalized spacial score (nSPS) is 11.2. The number of benzene rings is 3. The van der Waals surface area contributed by atoms with Crippen molar-refractivity contribution in [2.75, 3.05) is 16.6 Å². The van der Waals surface area contributed by atoms with Crippen LogP contribution in [-0.2, 0) is 16.4 Å². The Balaban J connectivity index is 1.78. The van der Waals surface area contributed by atoms with Crippen LogP contribution in [0.5, 0.6) is 5.75 Å². The van der Waals surface area contributed by atoms with Gasteiger partial charge in [0.15, 0.2) is 0 Å². The first-order chi connectivity index (χ1) is 14.7. The number of phenols is 1. The van der Waals surface area contributed by atoms with E-state index in [1.54, 1.807) is 43.3 Å². The molecule has 0 atom stereocenters. The number of sulfonamides is 1. The second-order valence-electron chi connectivity index (χ2n) is 7.20. The molecule has 0 unspecified atom stereocenters. The fourth-order valence-corrected chi connectivity index (χ4v) is 4.27. The molecule has 3 aromatic rings. The van der Waals surface area contributed by atoms with E-state index in [1.165, 1.54) is 12.1 Å². The number of nitro groups is 1. The fraction of sp³-hybridized carbons (Fsp3) is 0.182. The van der Waals surface area contributed by atoms with Crippen LogP contribution in [-0.4, -0.2) is 25.0 Å². The fourth-order valence-electron chi connectivity index (χ4n) is 3.12. The van der Waals surface area contributed by atoms with E-state index in [0.29, 0.717) is 18.7 Å². The van der Waals surface area contributed by atoms with Crippen LogP contribution in [0, 0.1) is 24.0 Å². The van der Waals surface area contributed by atoms with Gasteiger partial charge in [-0.15, -0.1) is 0 Å². The maximum atomic E-state index is 12.8. The van der Waals surface area contributed by atoms with Gasteiger partial charge in [-0.05, 0) is 61.7 Å². The maximum absolute atomic E-state index is 12.8. The molecule has 0 radical (unpaired) electrons. The molecule has 0 aliphatic heterocycles. The van der Waals surface area contributed by atoms with E-state index < -0.39 is 14.9 Å². The van der Waals surface area contributed by atoms with Gasteiger partial charge in [0.1, 0.15) is 11.4 Å². The molecule has 0 aliphatic rings. The number of aryl methyl sites for hydroxylation is 2. The highest BCUT2D eigenvalue weighted by Gasteiger charge is 2.22. The smallest absolute Gasteiger partial charge is 0.293 e. The third kappa shape index (κ3) is 5.52. The molecule has 3 aromatic carbocycles. The minimum atomic E-state index is -3.99. The first-order valence-corrected chi connectivity index (χ1v) is 11.0. The zero-order valence-electron chi connectivity index (χ0n) is 17.1.